The molecule has 0 aliphatic carbocycles. The lowest BCUT2D eigenvalue weighted by Crippen LogP contribution is -2.41. The molecule has 4 aromatic heterocycles. The van der Waals surface area contributed by atoms with E-state index in [0.717, 1.165) is 0 Å². The third-order valence-electron chi connectivity index (χ3n) is 3.83. The minimum Gasteiger partial charge on any atom is -0.334 e. The van der Waals surface area contributed by atoms with Crippen LogP contribution in [0.2, 0.25) is 0 Å². The van der Waals surface area contributed by atoms with E-state index in [4.69, 9.17) is 17.4 Å². The summed E-state index contributed by atoms with van der Waals surface area (Å²) in [5, 5.41) is 15.2. The molecule has 0 aliphatic rings. The second kappa shape index (κ2) is 9.41. The Labute approximate surface area is 175 Å². The smallest absolute Gasteiger partial charge is 0.334 e. The first kappa shape index (κ1) is 20.6. The van der Waals surface area contributed by atoms with Crippen LogP contribution in [0.25, 0.3) is 22.9 Å². The Morgan fingerprint density at radius 3 is 1.71 bits per heavy atom. The van der Waals surface area contributed by atoms with Gasteiger partial charge in [0.1, 0.15) is 24.3 Å². The van der Waals surface area contributed by atoms with Crippen molar-refractivity contribution in [3.8, 4) is 22.9 Å². The molecule has 0 aliphatic heterocycles. The Hall–Kier alpha value is -3.69. The van der Waals surface area contributed by atoms with Crippen LogP contribution in [0.1, 0.15) is 0 Å². The highest BCUT2D eigenvalue weighted by Crippen LogP contribution is 2.12. The molecule has 14 nitrogen and oxygen atoms in total. The van der Waals surface area contributed by atoms with Gasteiger partial charge >= 0.3 is 10.4 Å². The first-order valence-corrected chi connectivity index (χ1v) is 10.2. The molecule has 4 rings (SSSR count). The van der Waals surface area contributed by atoms with Crippen molar-refractivity contribution in [1.82, 2.24) is 30.5 Å². The molecule has 160 valence electrons. The van der Waals surface area contributed by atoms with Gasteiger partial charge in [0.2, 0.25) is 12.4 Å². The van der Waals surface area contributed by atoms with Gasteiger partial charge in [0.15, 0.2) is 25.7 Å². The lowest BCUT2D eigenvalue weighted by Gasteiger charge is -2.03. The molecule has 0 fully saturated rings. The summed E-state index contributed by atoms with van der Waals surface area (Å²) in [5.74, 6) is 0.643. The van der Waals surface area contributed by atoms with Gasteiger partial charge < -0.3 is 9.05 Å². The standard InChI is InChI=1S/C16H16N8O6S/c25-31(26,27-7-5-23-9-13(1-3-19-23)15-17-11-21-29-15)28-8-6-24-10-14(2-4-20-24)16-18-12-22-30-16/h1-4,9-12H,5-8H2/q+2. The van der Waals surface area contributed by atoms with E-state index in [2.05, 4.69) is 30.5 Å². The second-order valence-corrected chi connectivity index (χ2v) is 7.19. The lowest BCUT2D eigenvalue weighted by atomic mass is 10.3. The summed E-state index contributed by atoms with van der Waals surface area (Å²) in [6.07, 6.45) is 8.87. The normalized spacial score (nSPS) is 11.6. The summed E-state index contributed by atoms with van der Waals surface area (Å²) in [6, 6.07) is 3.37. The summed E-state index contributed by atoms with van der Waals surface area (Å²) in [6.45, 7) is -0.0309. The van der Waals surface area contributed by atoms with E-state index in [0.29, 0.717) is 22.9 Å². The first-order chi connectivity index (χ1) is 15.1. The van der Waals surface area contributed by atoms with Gasteiger partial charge in [-0.05, 0) is 22.3 Å². The Kier molecular flexibility index (Phi) is 6.25. The fourth-order valence-electron chi connectivity index (χ4n) is 2.47. The zero-order valence-electron chi connectivity index (χ0n) is 15.9. The lowest BCUT2D eigenvalue weighted by molar-refractivity contribution is -0.754. The zero-order chi connectivity index (χ0) is 21.5. The fraction of sp³-hybridized carbons (Fsp3) is 0.250. The molecule has 0 bridgehead atoms. The second-order valence-electron chi connectivity index (χ2n) is 5.90. The Balaban J connectivity index is 1.25. The van der Waals surface area contributed by atoms with Crippen molar-refractivity contribution in [2.75, 3.05) is 13.2 Å². The van der Waals surface area contributed by atoms with Crippen LogP contribution in [0.15, 0.2) is 58.6 Å². The van der Waals surface area contributed by atoms with E-state index >= 15 is 0 Å². The van der Waals surface area contributed by atoms with Crippen LogP contribution >= 0.6 is 0 Å². The first-order valence-electron chi connectivity index (χ1n) is 8.88. The third kappa shape index (κ3) is 5.68. The summed E-state index contributed by atoms with van der Waals surface area (Å²) in [4.78, 5) is 7.88. The Morgan fingerprint density at radius 2 is 1.29 bits per heavy atom. The van der Waals surface area contributed by atoms with E-state index < -0.39 is 10.4 Å². The van der Waals surface area contributed by atoms with Crippen molar-refractivity contribution >= 4 is 10.4 Å². The molecule has 0 spiro atoms. The molecule has 0 radical (unpaired) electrons. The average molecular weight is 448 g/mol. The van der Waals surface area contributed by atoms with Crippen molar-refractivity contribution in [1.29, 1.82) is 0 Å². The van der Waals surface area contributed by atoms with Gasteiger partial charge in [0, 0.05) is 0 Å². The van der Waals surface area contributed by atoms with Crippen molar-refractivity contribution in [3.05, 3.63) is 49.6 Å². The van der Waals surface area contributed by atoms with Gasteiger partial charge in [-0.3, -0.25) is 0 Å². The van der Waals surface area contributed by atoms with Crippen molar-refractivity contribution in [2.24, 2.45) is 0 Å². The van der Waals surface area contributed by atoms with Gasteiger partial charge in [-0.2, -0.15) is 18.4 Å². The van der Waals surface area contributed by atoms with Gasteiger partial charge in [0.25, 0.3) is 11.8 Å². The van der Waals surface area contributed by atoms with E-state index in [-0.39, 0.29) is 26.3 Å². The molecule has 0 saturated carbocycles. The molecule has 0 atom stereocenters. The van der Waals surface area contributed by atoms with E-state index in [1.54, 1.807) is 24.5 Å². The van der Waals surface area contributed by atoms with Crippen LogP contribution < -0.4 is 9.36 Å². The highest BCUT2D eigenvalue weighted by atomic mass is 32.3. The maximum absolute atomic E-state index is 11.9. The van der Waals surface area contributed by atoms with Gasteiger partial charge in [-0.25, -0.2) is 8.37 Å². The molecular formula is C16H16N8O6S+2. The Morgan fingerprint density at radius 1 is 0.806 bits per heavy atom. The van der Waals surface area contributed by atoms with Gasteiger partial charge in [0.05, 0.1) is 12.4 Å². The molecule has 4 aromatic rings. The Bertz CT molecular complexity index is 1130. The van der Waals surface area contributed by atoms with E-state index in [9.17, 15) is 8.42 Å². The van der Waals surface area contributed by atoms with Crippen molar-refractivity contribution in [3.63, 3.8) is 0 Å². The topological polar surface area (TPSA) is 164 Å². The minimum atomic E-state index is -4.19. The molecule has 15 heteroatoms. The SMILES string of the molecule is O=S(=O)(OCC[n+]1cc(-c2ncno2)ccn1)OCC[n+]1cc(-c2ncno2)ccn1. The van der Waals surface area contributed by atoms with Crippen LogP contribution in [0.4, 0.5) is 0 Å². The monoisotopic (exact) mass is 448 g/mol. The highest BCUT2D eigenvalue weighted by molar-refractivity contribution is 7.81. The van der Waals surface area contributed by atoms with Crippen LogP contribution in [0.3, 0.4) is 0 Å². The van der Waals surface area contributed by atoms with E-state index in [1.807, 2.05) is 0 Å². The fourth-order valence-corrected chi connectivity index (χ4v) is 3.10. The minimum absolute atomic E-state index is 0.160. The zero-order valence-corrected chi connectivity index (χ0v) is 16.7. The molecule has 0 amide bonds. The van der Waals surface area contributed by atoms with Gasteiger partial charge in [-0.1, -0.05) is 19.7 Å². The number of hydrogen-bond acceptors (Lipinski definition) is 12. The predicted octanol–water partition coefficient (Wildman–Crippen LogP) is -0.870. The molecule has 0 saturated heterocycles. The van der Waals surface area contributed by atoms with E-state index in [1.165, 1.54) is 34.4 Å². The number of nitrogens with zero attached hydrogens (tertiary/aromatic N) is 8. The molecule has 31 heavy (non-hydrogen) atoms. The molecule has 4 heterocycles. The van der Waals surface area contributed by atoms with Crippen LogP contribution in [-0.4, -0.2) is 52.1 Å². The van der Waals surface area contributed by atoms with Crippen LogP contribution in [0.5, 0.6) is 0 Å². The average Bonchev–Trinajstić information content (AvgIpc) is 3.48. The molecule has 0 N–H and O–H groups in total. The number of aromatic nitrogens is 8. The molecule has 0 aromatic carbocycles. The molecular weight excluding hydrogens is 432 g/mol. The maximum Gasteiger partial charge on any atom is 0.400 e. The number of rotatable bonds is 10. The quantitative estimate of drug-likeness (QED) is 0.276. The summed E-state index contributed by atoms with van der Waals surface area (Å²) in [7, 11) is -4.19. The molecule has 0 unspecified atom stereocenters. The number of hydrogen-bond donors (Lipinski definition) is 0. The highest BCUT2D eigenvalue weighted by Gasteiger charge is 2.17. The van der Waals surface area contributed by atoms with Crippen molar-refractivity contribution < 1.29 is 35.2 Å². The van der Waals surface area contributed by atoms with Crippen LogP contribution in [-0.2, 0) is 31.9 Å². The third-order valence-corrected chi connectivity index (χ3v) is 4.74. The predicted molar refractivity (Wildman–Crippen MR) is 96.3 cm³/mol. The van der Waals surface area contributed by atoms with Crippen molar-refractivity contribution in [2.45, 2.75) is 13.1 Å². The largest absolute Gasteiger partial charge is 0.400 e. The maximum atomic E-state index is 11.9. The summed E-state index contributed by atoms with van der Waals surface area (Å²) in [5.41, 5.74) is 1.28. The van der Waals surface area contributed by atoms with Gasteiger partial charge in [-0.15, -0.1) is 0 Å². The van der Waals surface area contributed by atoms with Crippen LogP contribution in [0, 0.1) is 0 Å². The summed E-state index contributed by atoms with van der Waals surface area (Å²) < 4.78 is 46.5. The summed E-state index contributed by atoms with van der Waals surface area (Å²) >= 11 is 0.